The number of anilines is 1. The van der Waals surface area contributed by atoms with Crippen LogP contribution in [0.15, 0.2) is 42.5 Å². The quantitative estimate of drug-likeness (QED) is 0.880. The zero-order chi connectivity index (χ0) is 14.5. The highest BCUT2D eigenvalue weighted by molar-refractivity contribution is 6.30. The number of hydrogen-bond acceptors (Lipinski definition) is 3. The summed E-state index contributed by atoms with van der Waals surface area (Å²) in [5.74, 6) is 0.804. The van der Waals surface area contributed by atoms with Crippen LogP contribution in [0.1, 0.15) is 17.2 Å². The minimum absolute atomic E-state index is 0.00843. The molecule has 1 unspecified atom stereocenters. The van der Waals surface area contributed by atoms with Gasteiger partial charge >= 0.3 is 0 Å². The molecule has 2 aromatic carbocycles. The molecule has 2 N–H and O–H groups in total. The minimum atomic E-state index is -0.166. The van der Waals surface area contributed by atoms with E-state index in [0.29, 0.717) is 5.02 Å². The first-order valence-electron chi connectivity index (χ1n) is 6.41. The molecule has 2 aromatic rings. The summed E-state index contributed by atoms with van der Waals surface area (Å²) in [5.41, 5.74) is 3.02. The Bertz CT molecular complexity index is 569. The number of rotatable bonds is 5. The van der Waals surface area contributed by atoms with E-state index in [1.54, 1.807) is 7.11 Å². The Morgan fingerprint density at radius 2 is 1.90 bits per heavy atom. The van der Waals surface area contributed by atoms with Gasteiger partial charge in [-0.1, -0.05) is 17.7 Å². The van der Waals surface area contributed by atoms with Crippen LogP contribution in [0.5, 0.6) is 5.75 Å². The molecule has 0 heterocycles. The second kappa shape index (κ2) is 6.64. The summed E-state index contributed by atoms with van der Waals surface area (Å²) < 4.78 is 5.13. The number of nitrogens with one attached hydrogen (secondary N) is 1. The molecular weight excluding hydrogens is 274 g/mol. The van der Waals surface area contributed by atoms with Gasteiger partial charge in [-0.05, 0) is 54.4 Å². The number of aliphatic hydroxyl groups is 1. The van der Waals surface area contributed by atoms with E-state index in [0.717, 1.165) is 22.6 Å². The predicted octanol–water partition coefficient (Wildman–Crippen LogP) is 3.80. The summed E-state index contributed by atoms with van der Waals surface area (Å²) in [6.45, 7) is 1.99. The molecule has 0 radical (unpaired) electrons. The third-order valence-electron chi connectivity index (χ3n) is 3.22. The molecule has 0 amide bonds. The molecule has 4 heteroatoms. The summed E-state index contributed by atoms with van der Waals surface area (Å²) in [4.78, 5) is 0. The molecule has 20 heavy (non-hydrogen) atoms. The van der Waals surface area contributed by atoms with Crippen LogP contribution < -0.4 is 10.1 Å². The first-order valence-corrected chi connectivity index (χ1v) is 6.79. The average molecular weight is 292 g/mol. The van der Waals surface area contributed by atoms with Crippen LogP contribution in [0.3, 0.4) is 0 Å². The van der Waals surface area contributed by atoms with Gasteiger partial charge in [0.2, 0.25) is 0 Å². The van der Waals surface area contributed by atoms with Crippen LogP contribution in [0.4, 0.5) is 5.69 Å². The maximum absolute atomic E-state index is 9.62. The molecular formula is C16H18ClNO2. The van der Waals surface area contributed by atoms with Gasteiger partial charge in [0.05, 0.1) is 19.8 Å². The van der Waals surface area contributed by atoms with Gasteiger partial charge in [0, 0.05) is 10.7 Å². The predicted molar refractivity (Wildman–Crippen MR) is 82.6 cm³/mol. The fraction of sp³-hybridized carbons (Fsp3) is 0.250. The van der Waals surface area contributed by atoms with Gasteiger partial charge in [0.15, 0.2) is 0 Å². The lowest BCUT2D eigenvalue weighted by Crippen LogP contribution is -2.16. The highest BCUT2D eigenvalue weighted by Gasteiger charge is 2.13. The van der Waals surface area contributed by atoms with E-state index in [1.165, 1.54) is 0 Å². The number of benzene rings is 2. The normalized spacial score (nSPS) is 12.0. The van der Waals surface area contributed by atoms with E-state index in [9.17, 15) is 5.11 Å². The fourth-order valence-electron chi connectivity index (χ4n) is 2.14. The first kappa shape index (κ1) is 14.7. The van der Waals surface area contributed by atoms with Crippen molar-refractivity contribution in [1.29, 1.82) is 0 Å². The molecule has 106 valence electrons. The molecule has 0 spiro atoms. The number of methoxy groups -OCH3 is 1. The molecule has 0 aromatic heterocycles. The zero-order valence-corrected chi connectivity index (χ0v) is 12.3. The first-order chi connectivity index (χ1) is 9.63. The topological polar surface area (TPSA) is 41.5 Å². The van der Waals surface area contributed by atoms with Crippen LogP contribution in [-0.2, 0) is 0 Å². The standard InChI is InChI=1S/C16H18ClNO2/c1-11-9-12(17)3-8-15(11)16(10-19)18-13-4-6-14(20-2)7-5-13/h3-9,16,18-19H,10H2,1-2H3. The molecule has 0 aliphatic heterocycles. The number of halogens is 1. The monoisotopic (exact) mass is 291 g/mol. The highest BCUT2D eigenvalue weighted by Crippen LogP contribution is 2.25. The number of hydrogen-bond donors (Lipinski definition) is 2. The van der Waals surface area contributed by atoms with E-state index in [4.69, 9.17) is 16.3 Å². The Hall–Kier alpha value is -1.71. The largest absolute Gasteiger partial charge is 0.497 e. The molecule has 1 atom stereocenters. The van der Waals surface area contributed by atoms with Gasteiger partial charge in [-0.3, -0.25) is 0 Å². The lowest BCUT2D eigenvalue weighted by Gasteiger charge is -2.20. The van der Waals surface area contributed by atoms with E-state index in [1.807, 2.05) is 49.4 Å². The zero-order valence-electron chi connectivity index (χ0n) is 11.6. The van der Waals surface area contributed by atoms with E-state index >= 15 is 0 Å². The molecule has 3 nitrogen and oxygen atoms in total. The molecule has 0 fully saturated rings. The highest BCUT2D eigenvalue weighted by atomic mass is 35.5. The fourth-order valence-corrected chi connectivity index (χ4v) is 2.37. The maximum Gasteiger partial charge on any atom is 0.119 e. The molecule has 0 aliphatic rings. The Morgan fingerprint density at radius 3 is 2.45 bits per heavy atom. The lowest BCUT2D eigenvalue weighted by atomic mass is 10.0. The summed E-state index contributed by atoms with van der Waals surface area (Å²) in [6, 6.07) is 13.1. The van der Waals surface area contributed by atoms with Gasteiger partial charge in [0.25, 0.3) is 0 Å². The van der Waals surface area contributed by atoms with Crippen molar-refractivity contribution in [3.05, 3.63) is 58.6 Å². The smallest absolute Gasteiger partial charge is 0.119 e. The summed E-state index contributed by atoms with van der Waals surface area (Å²) in [6.07, 6.45) is 0. The van der Waals surface area contributed by atoms with E-state index in [2.05, 4.69) is 5.32 Å². The van der Waals surface area contributed by atoms with Gasteiger partial charge in [0.1, 0.15) is 5.75 Å². The second-order valence-electron chi connectivity index (χ2n) is 4.61. The minimum Gasteiger partial charge on any atom is -0.497 e. The van der Waals surface area contributed by atoms with Gasteiger partial charge < -0.3 is 15.2 Å². The van der Waals surface area contributed by atoms with Crippen LogP contribution >= 0.6 is 11.6 Å². The molecule has 0 saturated carbocycles. The van der Waals surface area contributed by atoms with Crippen molar-refractivity contribution < 1.29 is 9.84 Å². The molecule has 0 aliphatic carbocycles. The van der Waals surface area contributed by atoms with Crippen molar-refractivity contribution in [3.8, 4) is 5.75 Å². The van der Waals surface area contributed by atoms with Crippen LogP contribution in [0.2, 0.25) is 5.02 Å². The van der Waals surface area contributed by atoms with Gasteiger partial charge in [-0.25, -0.2) is 0 Å². The number of aliphatic hydroxyl groups excluding tert-OH is 1. The van der Waals surface area contributed by atoms with Gasteiger partial charge in [-0.15, -0.1) is 0 Å². The van der Waals surface area contributed by atoms with Crippen LogP contribution in [-0.4, -0.2) is 18.8 Å². The average Bonchev–Trinajstić information content (AvgIpc) is 2.46. The van der Waals surface area contributed by atoms with Gasteiger partial charge in [-0.2, -0.15) is 0 Å². The van der Waals surface area contributed by atoms with Crippen molar-refractivity contribution in [3.63, 3.8) is 0 Å². The molecule has 2 rings (SSSR count). The van der Waals surface area contributed by atoms with Crippen molar-refractivity contribution in [2.24, 2.45) is 0 Å². The van der Waals surface area contributed by atoms with Crippen molar-refractivity contribution in [2.45, 2.75) is 13.0 Å². The number of aryl methyl sites for hydroxylation is 1. The van der Waals surface area contributed by atoms with E-state index in [-0.39, 0.29) is 12.6 Å². The third kappa shape index (κ3) is 3.44. The van der Waals surface area contributed by atoms with E-state index < -0.39 is 0 Å². The maximum atomic E-state index is 9.62. The Kier molecular flexibility index (Phi) is 4.88. The molecule has 0 saturated heterocycles. The molecule has 0 bridgehead atoms. The summed E-state index contributed by atoms with van der Waals surface area (Å²) in [7, 11) is 1.63. The Labute approximate surface area is 124 Å². The number of ether oxygens (including phenoxy) is 1. The van der Waals surface area contributed by atoms with Crippen LogP contribution in [0, 0.1) is 6.92 Å². The SMILES string of the molecule is COc1ccc(NC(CO)c2ccc(Cl)cc2C)cc1. The Morgan fingerprint density at radius 1 is 1.20 bits per heavy atom. The summed E-state index contributed by atoms with van der Waals surface area (Å²) in [5, 5.41) is 13.6. The third-order valence-corrected chi connectivity index (χ3v) is 3.46. The summed E-state index contributed by atoms with van der Waals surface area (Å²) >= 11 is 5.96. The lowest BCUT2D eigenvalue weighted by molar-refractivity contribution is 0.276. The van der Waals surface area contributed by atoms with Crippen molar-refractivity contribution in [2.75, 3.05) is 19.0 Å². The van der Waals surface area contributed by atoms with Crippen LogP contribution in [0.25, 0.3) is 0 Å². The van der Waals surface area contributed by atoms with Crippen molar-refractivity contribution >= 4 is 17.3 Å². The van der Waals surface area contributed by atoms with Crippen molar-refractivity contribution in [1.82, 2.24) is 0 Å². The second-order valence-corrected chi connectivity index (χ2v) is 5.05. The Balaban J connectivity index is 2.19.